The lowest BCUT2D eigenvalue weighted by molar-refractivity contribution is -0.0456. The molecular formula is C15H28O. The van der Waals surface area contributed by atoms with Gasteiger partial charge in [-0.15, -0.1) is 0 Å². The molecule has 0 aliphatic heterocycles. The molecule has 0 spiro atoms. The summed E-state index contributed by atoms with van der Waals surface area (Å²) in [6.07, 6.45) is 6.71. The SMILES string of the molecule is CC(C)C(O)[C@H]1CC[C@H]2CCC[C@H](C)[C@@]21C. The topological polar surface area (TPSA) is 20.2 Å². The zero-order valence-electron chi connectivity index (χ0n) is 11.4. The number of rotatable bonds is 2. The van der Waals surface area contributed by atoms with Crippen molar-refractivity contribution >= 4 is 0 Å². The summed E-state index contributed by atoms with van der Waals surface area (Å²) in [7, 11) is 0. The Balaban J connectivity index is 2.21. The van der Waals surface area contributed by atoms with Crippen molar-refractivity contribution in [3.05, 3.63) is 0 Å². The van der Waals surface area contributed by atoms with Gasteiger partial charge in [-0.25, -0.2) is 0 Å². The Morgan fingerprint density at radius 1 is 1.12 bits per heavy atom. The highest BCUT2D eigenvalue weighted by Gasteiger charge is 2.53. The van der Waals surface area contributed by atoms with E-state index in [9.17, 15) is 5.11 Å². The lowest BCUT2D eigenvalue weighted by Gasteiger charge is -2.48. The van der Waals surface area contributed by atoms with Crippen LogP contribution in [0.15, 0.2) is 0 Å². The molecule has 0 bridgehead atoms. The minimum absolute atomic E-state index is 0.0875. The Labute approximate surface area is 101 Å². The van der Waals surface area contributed by atoms with Crippen molar-refractivity contribution in [3.8, 4) is 0 Å². The molecule has 0 amide bonds. The fraction of sp³-hybridized carbons (Fsp3) is 1.00. The van der Waals surface area contributed by atoms with E-state index in [1.54, 1.807) is 0 Å². The second-order valence-electron chi connectivity index (χ2n) is 6.81. The predicted octanol–water partition coefficient (Wildman–Crippen LogP) is 3.86. The summed E-state index contributed by atoms with van der Waals surface area (Å²) in [6, 6.07) is 0. The quantitative estimate of drug-likeness (QED) is 0.755. The van der Waals surface area contributed by atoms with E-state index in [4.69, 9.17) is 0 Å². The summed E-state index contributed by atoms with van der Waals surface area (Å²) in [5.74, 6) is 2.64. The molecule has 0 saturated heterocycles. The average Bonchev–Trinajstić information content (AvgIpc) is 2.57. The molecule has 1 nitrogen and oxygen atoms in total. The minimum atomic E-state index is -0.0875. The third-order valence-electron chi connectivity index (χ3n) is 5.85. The number of hydrogen-bond donors (Lipinski definition) is 1. The van der Waals surface area contributed by atoms with Gasteiger partial charge in [0, 0.05) is 0 Å². The summed E-state index contributed by atoms with van der Waals surface area (Å²) in [6.45, 7) is 9.20. The van der Waals surface area contributed by atoms with Gasteiger partial charge < -0.3 is 5.11 Å². The van der Waals surface area contributed by atoms with E-state index < -0.39 is 0 Å². The first-order valence-electron chi connectivity index (χ1n) is 7.16. The van der Waals surface area contributed by atoms with Crippen LogP contribution in [0, 0.1) is 29.1 Å². The van der Waals surface area contributed by atoms with Crippen LogP contribution in [0.5, 0.6) is 0 Å². The molecule has 16 heavy (non-hydrogen) atoms. The summed E-state index contributed by atoms with van der Waals surface area (Å²) in [5, 5.41) is 10.4. The zero-order valence-corrected chi connectivity index (χ0v) is 11.4. The Hall–Kier alpha value is -0.0400. The molecule has 0 aromatic heterocycles. The standard InChI is InChI=1S/C15H28O/c1-10(2)14(16)13-9-8-12-7-5-6-11(3)15(12,13)4/h10-14,16H,5-9H2,1-4H3/t11-,12+,13+,14?,15-/m0/s1. The van der Waals surface area contributed by atoms with Gasteiger partial charge in [0.2, 0.25) is 0 Å². The van der Waals surface area contributed by atoms with Crippen molar-refractivity contribution in [2.45, 2.75) is 65.9 Å². The Morgan fingerprint density at radius 2 is 1.81 bits per heavy atom. The van der Waals surface area contributed by atoms with E-state index in [1.165, 1.54) is 32.1 Å². The van der Waals surface area contributed by atoms with Gasteiger partial charge in [0.05, 0.1) is 6.10 Å². The molecule has 1 N–H and O–H groups in total. The van der Waals surface area contributed by atoms with Crippen LogP contribution in [-0.2, 0) is 0 Å². The van der Waals surface area contributed by atoms with Crippen LogP contribution in [0.3, 0.4) is 0 Å². The van der Waals surface area contributed by atoms with Gasteiger partial charge in [-0.2, -0.15) is 0 Å². The highest BCUT2D eigenvalue weighted by molar-refractivity contribution is 5.02. The third kappa shape index (κ3) is 1.72. The molecule has 0 heterocycles. The van der Waals surface area contributed by atoms with Crippen LogP contribution in [0.1, 0.15) is 59.8 Å². The normalized spacial score (nSPS) is 45.8. The molecule has 1 heteroatoms. The van der Waals surface area contributed by atoms with Crippen molar-refractivity contribution in [1.82, 2.24) is 0 Å². The maximum Gasteiger partial charge on any atom is 0.0596 e. The maximum atomic E-state index is 10.4. The zero-order chi connectivity index (χ0) is 11.9. The number of fused-ring (bicyclic) bond motifs is 1. The van der Waals surface area contributed by atoms with Gasteiger partial charge in [-0.1, -0.05) is 40.5 Å². The van der Waals surface area contributed by atoms with Gasteiger partial charge in [0.15, 0.2) is 0 Å². The molecule has 2 fully saturated rings. The summed E-state index contributed by atoms with van der Waals surface area (Å²) >= 11 is 0. The van der Waals surface area contributed by atoms with Crippen molar-refractivity contribution < 1.29 is 5.11 Å². The highest BCUT2D eigenvalue weighted by Crippen LogP contribution is 2.59. The first-order chi connectivity index (χ1) is 7.48. The number of aliphatic hydroxyl groups is 1. The van der Waals surface area contributed by atoms with Crippen molar-refractivity contribution in [2.75, 3.05) is 0 Å². The molecule has 94 valence electrons. The Kier molecular flexibility index (Phi) is 3.36. The second-order valence-corrected chi connectivity index (χ2v) is 6.81. The van der Waals surface area contributed by atoms with Crippen LogP contribution in [0.2, 0.25) is 0 Å². The first-order valence-corrected chi connectivity index (χ1v) is 7.16. The molecule has 0 aromatic carbocycles. The summed E-state index contributed by atoms with van der Waals surface area (Å²) < 4.78 is 0. The van der Waals surface area contributed by atoms with Crippen LogP contribution in [0.4, 0.5) is 0 Å². The molecule has 2 aliphatic rings. The monoisotopic (exact) mass is 224 g/mol. The van der Waals surface area contributed by atoms with Gasteiger partial charge in [-0.05, 0) is 48.3 Å². The summed E-state index contributed by atoms with van der Waals surface area (Å²) in [5.41, 5.74) is 0.419. The molecule has 2 saturated carbocycles. The largest absolute Gasteiger partial charge is 0.393 e. The molecule has 2 aliphatic carbocycles. The maximum absolute atomic E-state index is 10.4. The molecule has 1 unspecified atom stereocenters. The highest BCUT2D eigenvalue weighted by atomic mass is 16.3. The van der Waals surface area contributed by atoms with E-state index in [-0.39, 0.29) is 6.10 Å². The predicted molar refractivity (Wildman–Crippen MR) is 68.2 cm³/mol. The van der Waals surface area contributed by atoms with Crippen molar-refractivity contribution in [3.63, 3.8) is 0 Å². The fourth-order valence-corrected chi connectivity index (χ4v) is 4.51. The third-order valence-corrected chi connectivity index (χ3v) is 5.85. The molecule has 2 rings (SSSR count). The fourth-order valence-electron chi connectivity index (χ4n) is 4.51. The van der Waals surface area contributed by atoms with Gasteiger partial charge >= 0.3 is 0 Å². The lowest BCUT2D eigenvalue weighted by atomic mass is 9.58. The Morgan fingerprint density at radius 3 is 2.44 bits per heavy atom. The molecular weight excluding hydrogens is 196 g/mol. The van der Waals surface area contributed by atoms with Crippen LogP contribution in [0.25, 0.3) is 0 Å². The van der Waals surface area contributed by atoms with E-state index in [1.807, 2.05) is 0 Å². The van der Waals surface area contributed by atoms with Crippen LogP contribution < -0.4 is 0 Å². The molecule has 0 radical (unpaired) electrons. The molecule has 5 atom stereocenters. The van der Waals surface area contributed by atoms with E-state index in [2.05, 4.69) is 27.7 Å². The van der Waals surface area contributed by atoms with Gasteiger partial charge in [0.1, 0.15) is 0 Å². The van der Waals surface area contributed by atoms with Gasteiger partial charge in [0.25, 0.3) is 0 Å². The molecule has 0 aromatic rings. The lowest BCUT2D eigenvalue weighted by Crippen LogP contribution is -2.44. The van der Waals surface area contributed by atoms with Gasteiger partial charge in [-0.3, -0.25) is 0 Å². The summed E-state index contributed by atoms with van der Waals surface area (Å²) in [4.78, 5) is 0. The van der Waals surface area contributed by atoms with E-state index >= 15 is 0 Å². The van der Waals surface area contributed by atoms with E-state index in [0.717, 1.165) is 11.8 Å². The first kappa shape index (κ1) is 12.4. The minimum Gasteiger partial charge on any atom is -0.393 e. The van der Waals surface area contributed by atoms with Crippen molar-refractivity contribution in [1.29, 1.82) is 0 Å². The van der Waals surface area contributed by atoms with E-state index in [0.29, 0.717) is 17.3 Å². The Bertz CT molecular complexity index is 248. The van der Waals surface area contributed by atoms with Crippen molar-refractivity contribution in [2.24, 2.45) is 29.1 Å². The average molecular weight is 224 g/mol. The number of hydrogen-bond acceptors (Lipinski definition) is 1. The van der Waals surface area contributed by atoms with Crippen LogP contribution in [-0.4, -0.2) is 11.2 Å². The van der Waals surface area contributed by atoms with Crippen LogP contribution >= 0.6 is 0 Å². The second kappa shape index (κ2) is 4.33. The number of aliphatic hydroxyl groups excluding tert-OH is 1. The smallest absolute Gasteiger partial charge is 0.0596 e.